The number of hydrogen-bond acceptors (Lipinski definition) is 3. The predicted octanol–water partition coefficient (Wildman–Crippen LogP) is 7.99. The first-order chi connectivity index (χ1) is 17.8. The van der Waals surface area contributed by atoms with E-state index in [-0.39, 0.29) is 11.3 Å². The molecule has 37 heavy (non-hydrogen) atoms. The van der Waals surface area contributed by atoms with Gasteiger partial charge in [-0.2, -0.15) is 0 Å². The van der Waals surface area contributed by atoms with Crippen LogP contribution < -0.4 is 10.1 Å². The van der Waals surface area contributed by atoms with Crippen LogP contribution in [0.15, 0.2) is 78.9 Å². The lowest BCUT2D eigenvalue weighted by Crippen LogP contribution is -2.24. The largest absolute Gasteiger partial charge is 0.457 e. The minimum Gasteiger partial charge on any atom is -0.457 e. The molecule has 0 saturated heterocycles. The predicted molar refractivity (Wildman–Crippen MR) is 150 cm³/mol. The number of amides is 1. The van der Waals surface area contributed by atoms with Crippen LogP contribution in [0.4, 0.5) is 0 Å². The zero-order valence-electron chi connectivity index (χ0n) is 22.1. The average Bonchev–Trinajstić information content (AvgIpc) is 3.41. The van der Waals surface area contributed by atoms with Crippen molar-refractivity contribution in [3.05, 3.63) is 101 Å². The van der Waals surface area contributed by atoms with E-state index in [1.807, 2.05) is 60.7 Å². The molecule has 1 amide bonds. The van der Waals surface area contributed by atoms with Crippen molar-refractivity contribution in [1.82, 2.24) is 10.3 Å². The molecule has 1 heterocycles. The number of nitrogens with zero attached hydrogens (tertiary/aromatic N) is 1. The maximum atomic E-state index is 13.1. The van der Waals surface area contributed by atoms with Gasteiger partial charge in [-0.1, -0.05) is 95.0 Å². The number of fused-ring (bicyclic) bond motifs is 1. The van der Waals surface area contributed by atoms with E-state index >= 15 is 0 Å². The highest BCUT2D eigenvalue weighted by atomic mass is 16.5. The fourth-order valence-electron chi connectivity index (χ4n) is 5.15. The van der Waals surface area contributed by atoms with Crippen LogP contribution in [0, 0.1) is 5.92 Å². The van der Waals surface area contributed by atoms with Gasteiger partial charge >= 0.3 is 0 Å². The van der Waals surface area contributed by atoms with Crippen LogP contribution in [0.2, 0.25) is 0 Å². The first kappa shape index (κ1) is 25.0. The van der Waals surface area contributed by atoms with Gasteiger partial charge in [-0.3, -0.25) is 4.79 Å². The number of ether oxygens (including phenoxy) is 1. The van der Waals surface area contributed by atoms with E-state index in [0.29, 0.717) is 18.2 Å². The molecule has 0 atom stereocenters. The number of pyridine rings is 1. The topological polar surface area (TPSA) is 51.2 Å². The minimum atomic E-state index is -0.141. The number of carbonyl (C=O) groups is 1. The molecular weight excluding hydrogens is 456 g/mol. The first-order valence-corrected chi connectivity index (χ1v) is 13.4. The Balaban J connectivity index is 1.41. The molecule has 1 N–H and O–H groups in total. The van der Waals surface area contributed by atoms with Gasteiger partial charge in [0.15, 0.2) is 0 Å². The van der Waals surface area contributed by atoms with Crippen LogP contribution in [-0.2, 0) is 18.4 Å². The molecular formula is C33H36N2O2. The summed E-state index contributed by atoms with van der Waals surface area (Å²) in [5.41, 5.74) is 3.91. The van der Waals surface area contributed by atoms with Crippen molar-refractivity contribution >= 4 is 16.7 Å². The average molecular weight is 493 g/mol. The maximum absolute atomic E-state index is 13.1. The third kappa shape index (κ3) is 6.19. The molecule has 0 unspecified atom stereocenters. The smallest absolute Gasteiger partial charge is 0.270 e. The van der Waals surface area contributed by atoms with E-state index < -0.39 is 0 Å². The second-order valence-electron chi connectivity index (χ2n) is 11.2. The molecule has 4 nitrogen and oxygen atoms in total. The van der Waals surface area contributed by atoms with E-state index in [1.165, 1.54) is 31.2 Å². The molecule has 3 aromatic carbocycles. The van der Waals surface area contributed by atoms with Crippen molar-refractivity contribution in [2.45, 2.75) is 64.8 Å². The van der Waals surface area contributed by atoms with Crippen molar-refractivity contribution in [3.63, 3.8) is 0 Å². The number of carbonyl (C=O) groups excluding carboxylic acids is 1. The standard InChI is InChI=1S/C33H36N2O2/c1-33(2,3)26-14-17-27(18-15-26)37-28-16-13-25-20-31(32(36)34-22-24-11-5-4-6-12-24)35-30(29(25)21-28)19-23-9-7-8-10-23/h4-6,11-18,20-21,23H,7-10,19,22H2,1-3H3,(H,34,36). The third-order valence-electron chi connectivity index (χ3n) is 7.32. The van der Waals surface area contributed by atoms with Crippen LogP contribution >= 0.6 is 0 Å². The molecule has 1 aromatic heterocycles. The summed E-state index contributed by atoms with van der Waals surface area (Å²) in [6, 6.07) is 26.3. The number of benzene rings is 3. The van der Waals surface area contributed by atoms with Gasteiger partial charge in [-0.25, -0.2) is 4.98 Å². The van der Waals surface area contributed by atoms with Crippen LogP contribution in [0.1, 0.15) is 73.8 Å². The van der Waals surface area contributed by atoms with Gasteiger partial charge in [0, 0.05) is 17.6 Å². The van der Waals surface area contributed by atoms with Crippen molar-refractivity contribution in [2.24, 2.45) is 5.92 Å². The second-order valence-corrected chi connectivity index (χ2v) is 11.2. The van der Waals surface area contributed by atoms with Gasteiger partial charge in [0.1, 0.15) is 17.2 Å². The quantitative estimate of drug-likeness (QED) is 0.284. The van der Waals surface area contributed by atoms with Gasteiger partial charge in [0.05, 0.1) is 0 Å². The van der Waals surface area contributed by atoms with Gasteiger partial charge < -0.3 is 10.1 Å². The fraction of sp³-hybridized carbons (Fsp3) is 0.333. The van der Waals surface area contributed by atoms with E-state index in [9.17, 15) is 4.79 Å². The van der Waals surface area contributed by atoms with Gasteiger partial charge in [-0.15, -0.1) is 0 Å². The Hall–Kier alpha value is -3.66. The van der Waals surface area contributed by atoms with Crippen molar-refractivity contribution in [3.8, 4) is 11.5 Å². The summed E-state index contributed by atoms with van der Waals surface area (Å²) < 4.78 is 6.24. The second kappa shape index (κ2) is 10.8. The molecule has 5 rings (SSSR count). The molecule has 0 bridgehead atoms. The molecule has 1 aliphatic carbocycles. The molecule has 190 valence electrons. The summed E-state index contributed by atoms with van der Waals surface area (Å²) >= 11 is 0. The first-order valence-electron chi connectivity index (χ1n) is 13.4. The zero-order chi connectivity index (χ0) is 25.8. The Morgan fingerprint density at radius 1 is 0.919 bits per heavy atom. The Labute approximate surface area is 220 Å². The van der Waals surface area contributed by atoms with Crippen molar-refractivity contribution < 1.29 is 9.53 Å². The maximum Gasteiger partial charge on any atom is 0.270 e. The molecule has 1 aliphatic rings. The van der Waals surface area contributed by atoms with Gasteiger partial charge in [-0.05, 0) is 64.6 Å². The monoisotopic (exact) mass is 492 g/mol. The minimum absolute atomic E-state index is 0.105. The number of nitrogens with one attached hydrogen (secondary N) is 1. The summed E-state index contributed by atoms with van der Waals surface area (Å²) in [6.45, 7) is 7.11. The molecule has 0 spiro atoms. The summed E-state index contributed by atoms with van der Waals surface area (Å²) in [7, 11) is 0. The Morgan fingerprint density at radius 2 is 1.62 bits per heavy atom. The van der Waals surface area contributed by atoms with E-state index in [0.717, 1.165) is 39.9 Å². The summed E-state index contributed by atoms with van der Waals surface area (Å²) in [6.07, 6.45) is 5.89. The molecule has 4 heteroatoms. The normalized spacial score (nSPS) is 14.1. The van der Waals surface area contributed by atoms with Crippen LogP contribution in [0.5, 0.6) is 11.5 Å². The van der Waals surface area contributed by atoms with E-state index in [1.54, 1.807) is 0 Å². The zero-order valence-corrected chi connectivity index (χ0v) is 22.1. The van der Waals surface area contributed by atoms with E-state index in [2.05, 4.69) is 44.3 Å². The lowest BCUT2D eigenvalue weighted by Gasteiger charge is -2.19. The highest BCUT2D eigenvalue weighted by Gasteiger charge is 2.20. The SMILES string of the molecule is CC(C)(C)c1ccc(Oc2ccc3cc(C(=O)NCc4ccccc4)nc(CC4CCCC4)c3c2)cc1. The molecule has 0 radical (unpaired) electrons. The van der Waals surface area contributed by atoms with Gasteiger partial charge in [0.25, 0.3) is 5.91 Å². The number of rotatable bonds is 7. The Morgan fingerprint density at radius 3 is 2.32 bits per heavy atom. The highest BCUT2D eigenvalue weighted by Crippen LogP contribution is 2.33. The van der Waals surface area contributed by atoms with Crippen molar-refractivity contribution in [2.75, 3.05) is 0 Å². The number of aromatic nitrogens is 1. The Kier molecular flexibility index (Phi) is 7.27. The molecule has 1 saturated carbocycles. The lowest BCUT2D eigenvalue weighted by molar-refractivity contribution is 0.0946. The van der Waals surface area contributed by atoms with E-state index in [4.69, 9.17) is 9.72 Å². The molecule has 0 aliphatic heterocycles. The summed E-state index contributed by atoms with van der Waals surface area (Å²) in [5, 5.41) is 5.12. The molecule has 1 fully saturated rings. The summed E-state index contributed by atoms with van der Waals surface area (Å²) in [4.78, 5) is 18.0. The summed E-state index contributed by atoms with van der Waals surface area (Å²) in [5.74, 6) is 2.08. The lowest BCUT2D eigenvalue weighted by atomic mass is 9.87. The highest BCUT2D eigenvalue weighted by molar-refractivity contribution is 5.97. The van der Waals surface area contributed by atoms with Crippen LogP contribution in [0.3, 0.4) is 0 Å². The fourth-order valence-corrected chi connectivity index (χ4v) is 5.15. The number of hydrogen-bond donors (Lipinski definition) is 1. The van der Waals surface area contributed by atoms with Gasteiger partial charge in [0.2, 0.25) is 0 Å². The van der Waals surface area contributed by atoms with Crippen molar-refractivity contribution in [1.29, 1.82) is 0 Å². The van der Waals surface area contributed by atoms with Crippen LogP contribution in [-0.4, -0.2) is 10.9 Å². The molecule has 4 aromatic rings. The van der Waals surface area contributed by atoms with Crippen LogP contribution in [0.25, 0.3) is 10.8 Å². The Bertz CT molecular complexity index is 1370. The third-order valence-corrected chi connectivity index (χ3v) is 7.32.